The molecule has 0 saturated heterocycles. The summed E-state index contributed by atoms with van der Waals surface area (Å²) in [6.45, 7) is -0.667. The van der Waals surface area contributed by atoms with Gasteiger partial charge in [-0.25, -0.2) is 4.98 Å². The highest BCUT2D eigenvalue weighted by atomic mass is 16.6. The second-order valence-electron chi connectivity index (χ2n) is 7.39. The zero-order valence-electron chi connectivity index (χ0n) is 18.4. The van der Waals surface area contributed by atoms with E-state index >= 15 is 0 Å². The Morgan fingerprint density at radius 2 is 1.76 bits per heavy atom. The predicted molar refractivity (Wildman–Crippen MR) is 124 cm³/mol. The molecule has 4 aromatic rings. The number of fused-ring (bicyclic) bond motifs is 1. The molecule has 0 aliphatic rings. The Morgan fingerprint density at radius 3 is 2.41 bits per heavy atom. The van der Waals surface area contributed by atoms with E-state index < -0.39 is 10.5 Å². The first-order valence-corrected chi connectivity index (χ1v) is 10.2. The van der Waals surface area contributed by atoms with Crippen molar-refractivity contribution < 1.29 is 24.6 Å². The van der Waals surface area contributed by atoms with Crippen LogP contribution in [0.3, 0.4) is 0 Å². The number of aliphatic hydroxyl groups excluding tert-OH is 2. The van der Waals surface area contributed by atoms with Gasteiger partial charge in [-0.1, -0.05) is 0 Å². The van der Waals surface area contributed by atoms with E-state index in [1.165, 1.54) is 20.4 Å². The molecule has 0 amide bonds. The van der Waals surface area contributed by atoms with Crippen LogP contribution >= 0.6 is 0 Å². The molecule has 0 bridgehead atoms. The molecule has 2 aromatic heterocycles. The van der Waals surface area contributed by atoms with Crippen molar-refractivity contribution in [3.63, 3.8) is 0 Å². The number of rotatable bonds is 7. The monoisotopic (exact) mass is 463 g/mol. The number of pyridine rings is 2. The van der Waals surface area contributed by atoms with Crippen molar-refractivity contribution in [2.75, 3.05) is 14.2 Å². The van der Waals surface area contributed by atoms with Gasteiger partial charge in [0, 0.05) is 18.3 Å². The number of nitro groups is 1. The Morgan fingerprint density at radius 1 is 1.03 bits per heavy atom. The van der Waals surface area contributed by atoms with E-state index in [0.29, 0.717) is 39.1 Å². The van der Waals surface area contributed by atoms with Crippen molar-refractivity contribution in [1.82, 2.24) is 9.55 Å². The van der Waals surface area contributed by atoms with Crippen LogP contribution in [0.5, 0.6) is 11.5 Å². The van der Waals surface area contributed by atoms with E-state index in [4.69, 9.17) is 9.47 Å². The van der Waals surface area contributed by atoms with E-state index in [9.17, 15) is 25.1 Å². The van der Waals surface area contributed by atoms with Crippen LogP contribution in [-0.2, 0) is 13.2 Å². The summed E-state index contributed by atoms with van der Waals surface area (Å²) in [6.07, 6.45) is 2.58. The third-order valence-corrected chi connectivity index (χ3v) is 5.56. The molecule has 2 heterocycles. The quantitative estimate of drug-likeness (QED) is 0.315. The molecule has 0 fully saturated rings. The van der Waals surface area contributed by atoms with E-state index in [-0.39, 0.29) is 24.7 Å². The van der Waals surface area contributed by atoms with E-state index in [2.05, 4.69) is 4.98 Å². The van der Waals surface area contributed by atoms with Crippen LogP contribution in [-0.4, -0.2) is 38.9 Å². The van der Waals surface area contributed by atoms with Crippen molar-refractivity contribution in [3.05, 3.63) is 86.5 Å². The lowest BCUT2D eigenvalue weighted by Crippen LogP contribution is -2.18. The number of hydrogen-bond donors (Lipinski definition) is 2. The van der Waals surface area contributed by atoms with Crippen LogP contribution in [0.25, 0.3) is 27.7 Å². The zero-order valence-corrected chi connectivity index (χ0v) is 18.4. The first-order chi connectivity index (χ1) is 16.4. The maximum Gasteiger partial charge on any atom is 0.286 e. The molecule has 0 spiro atoms. The fourth-order valence-corrected chi connectivity index (χ4v) is 3.95. The van der Waals surface area contributed by atoms with E-state index in [1.54, 1.807) is 30.3 Å². The Kier molecular flexibility index (Phi) is 6.26. The third-order valence-electron chi connectivity index (χ3n) is 5.56. The van der Waals surface area contributed by atoms with Crippen molar-refractivity contribution >= 4 is 16.5 Å². The minimum atomic E-state index is -0.596. The number of nitrogens with zero attached hydrogens (tertiary/aromatic N) is 3. The van der Waals surface area contributed by atoms with Gasteiger partial charge in [0.15, 0.2) is 11.5 Å². The topological polar surface area (TPSA) is 137 Å². The van der Waals surface area contributed by atoms with Crippen LogP contribution in [0.4, 0.5) is 5.69 Å². The molecular weight excluding hydrogens is 442 g/mol. The Balaban J connectivity index is 2.03. The minimum Gasteiger partial charge on any atom is -0.493 e. The van der Waals surface area contributed by atoms with Gasteiger partial charge in [0.1, 0.15) is 5.82 Å². The molecule has 174 valence electrons. The minimum absolute atomic E-state index is 0.165. The van der Waals surface area contributed by atoms with Gasteiger partial charge >= 0.3 is 0 Å². The molecular formula is C24H21N3O7. The van der Waals surface area contributed by atoms with Crippen molar-refractivity contribution in [1.29, 1.82) is 0 Å². The second-order valence-corrected chi connectivity index (χ2v) is 7.39. The van der Waals surface area contributed by atoms with E-state index in [0.717, 1.165) is 28.3 Å². The Bertz CT molecular complexity index is 1460. The fourth-order valence-electron chi connectivity index (χ4n) is 3.95. The van der Waals surface area contributed by atoms with Crippen LogP contribution in [0.15, 0.2) is 59.7 Å². The molecule has 0 saturated carbocycles. The summed E-state index contributed by atoms with van der Waals surface area (Å²) < 4.78 is 11.9. The number of methoxy groups -OCH3 is 2. The summed E-state index contributed by atoms with van der Waals surface area (Å²) in [5.41, 5.74) is 1.45. The number of benzene rings is 2. The van der Waals surface area contributed by atoms with Gasteiger partial charge in [-0.15, -0.1) is 0 Å². The highest BCUT2D eigenvalue weighted by Crippen LogP contribution is 2.40. The van der Waals surface area contributed by atoms with Crippen LogP contribution in [0.1, 0.15) is 11.1 Å². The molecule has 10 nitrogen and oxygen atoms in total. The molecule has 0 atom stereocenters. The molecule has 2 N–H and O–H groups in total. The van der Waals surface area contributed by atoms with Crippen LogP contribution in [0.2, 0.25) is 0 Å². The second kappa shape index (κ2) is 9.30. The number of aliphatic hydroxyl groups is 2. The highest BCUT2D eigenvalue weighted by molar-refractivity contribution is 6.01. The van der Waals surface area contributed by atoms with Crippen molar-refractivity contribution in [2.24, 2.45) is 0 Å². The first kappa shape index (κ1) is 22.9. The van der Waals surface area contributed by atoms with Crippen molar-refractivity contribution in [2.45, 2.75) is 13.2 Å². The van der Waals surface area contributed by atoms with Crippen LogP contribution < -0.4 is 15.0 Å². The molecule has 10 heteroatoms. The lowest BCUT2D eigenvalue weighted by Gasteiger charge is -2.18. The highest BCUT2D eigenvalue weighted by Gasteiger charge is 2.19. The standard InChI is InChI=1S/C24H21N3O7/c1-33-20-8-15-7-16(12-28)19(13-29)24(18(15)10-21(20)34-2)14-5-6-25-22(9-14)26-11-17(27(31)32)3-4-23(26)30/h3-11,28-29H,12-13H2,1-2H3. The average molecular weight is 463 g/mol. The summed E-state index contributed by atoms with van der Waals surface area (Å²) in [6, 6.07) is 10.8. The summed E-state index contributed by atoms with van der Waals surface area (Å²) in [5.74, 6) is 1.14. The molecule has 0 aliphatic heterocycles. The summed E-state index contributed by atoms with van der Waals surface area (Å²) in [5, 5.41) is 32.8. The molecule has 0 radical (unpaired) electrons. The Hall–Kier alpha value is -4.28. The van der Waals surface area contributed by atoms with E-state index in [1.807, 2.05) is 0 Å². The number of aromatic nitrogens is 2. The van der Waals surface area contributed by atoms with Gasteiger partial charge in [-0.2, -0.15) is 0 Å². The Labute approximate surface area is 193 Å². The lowest BCUT2D eigenvalue weighted by molar-refractivity contribution is -0.385. The zero-order chi connectivity index (χ0) is 24.4. The molecule has 0 aliphatic carbocycles. The molecule has 4 rings (SSSR count). The molecule has 2 aromatic carbocycles. The molecule has 0 unspecified atom stereocenters. The largest absolute Gasteiger partial charge is 0.493 e. The smallest absolute Gasteiger partial charge is 0.286 e. The summed E-state index contributed by atoms with van der Waals surface area (Å²) in [7, 11) is 3.03. The lowest BCUT2D eigenvalue weighted by atomic mass is 9.90. The van der Waals surface area contributed by atoms with Gasteiger partial charge in [-0.05, 0) is 63.4 Å². The average Bonchev–Trinajstić information content (AvgIpc) is 2.86. The first-order valence-electron chi connectivity index (χ1n) is 10.2. The number of hydrogen-bond acceptors (Lipinski definition) is 8. The van der Waals surface area contributed by atoms with Gasteiger partial charge in [0.2, 0.25) is 0 Å². The van der Waals surface area contributed by atoms with Gasteiger partial charge in [0.25, 0.3) is 11.2 Å². The third kappa shape index (κ3) is 3.96. The predicted octanol–water partition coefficient (Wildman–Crippen LogP) is 2.96. The number of ether oxygens (including phenoxy) is 2. The van der Waals surface area contributed by atoms with Crippen LogP contribution in [0, 0.1) is 10.1 Å². The van der Waals surface area contributed by atoms with Crippen molar-refractivity contribution in [3.8, 4) is 28.4 Å². The van der Waals surface area contributed by atoms with Gasteiger partial charge < -0.3 is 19.7 Å². The summed E-state index contributed by atoms with van der Waals surface area (Å²) >= 11 is 0. The maximum atomic E-state index is 12.4. The molecule has 34 heavy (non-hydrogen) atoms. The normalized spacial score (nSPS) is 10.9. The maximum absolute atomic E-state index is 12.4. The van der Waals surface area contributed by atoms with Gasteiger partial charge in [-0.3, -0.25) is 19.5 Å². The SMILES string of the molecule is COc1cc2cc(CO)c(CO)c(-c3ccnc(-n4cc([N+](=O)[O-])ccc4=O)c3)c2cc1OC. The van der Waals surface area contributed by atoms with Gasteiger partial charge in [0.05, 0.1) is 38.6 Å². The summed E-state index contributed by atoms with van der Waals surface area (Å²) in [4.78, 5) is 27.2. The fraction of sp³-hybridized carbons (Fsp3) is 0.167.